The van der Waals surface area contributed by atoms with Crippen LogP contribution in [0.25, 0.3) is 12.2 Å². The lowest BCUT2D eigenvalue weighted by Crippen LogP contribution is -2.49. The van der Waals surface area contributed by atoms with E-state index in [1.54, 1.807) is 6.08 Å². The van der Waals surface area contributed by atoms with E-state index < -0.39 is 64.2 Å². The van der Waals surface area contributed by atoms with Gasteiger partial charge in [-0.2, -0.15) is 64.8 Å². The Kier molecular flexibility index (Phi) is 18.1. The van der Waals surface area contributed by atoms with Crippen molar-refractivity contribution in [2.75, 3.05) is 26.4 Å². The van der Waals surface area contributed by atoms with Crippen molar-refractivity contribution in [3.8, 4) is 5.75 Å². The van der Waals surface area contributed by atoms with Crippen LogP contribution in [0, 0.1) is 66.1 Å². The third kappa shape index (κ3) is 13.4. The summed E-state index contributed by atoms with van der Waals surface area (Å²) in [5.74, 6) is 0.201. The molecular formula is C49H59F9N2O16S3. The zero-order valence-corrected chi connectivity index (χ0v) is 44.2. The average molecular weight is 1200 g/mol. The predicted molar refractivity (Wildman–Crippen MR) is 257 cm³/mol. The molecule has 10 rings (SSSR count). The molecule has 6 heterocycles. The lowest BCUT2D eigenvalue weighted by Gasteiger charge is -2.49. The van der Waals surface area contributed by atoms with Crippen LogP contribution in [-0.2, 0) is 72.0 Å². The fourth-order valence-electron chi connectivity index (χ4n) is 12.6. The van der Waals surface area contributed by atoms with Gasteiger partial charge in [-0.3, -0.25) is 19.6 Å². The molecule has 0 aromatic carbocycles. The van der Waals surface area contributed by atoms with E-state index in [9.17, 15) is 74.4 Å². The summed E-state index contributed by atoms with van der Waals surface area (Å²) < 4.78 is 209. The summed E-state index contributed by atoms with van der Waals surface area (Å²) >= 11 is 0. The number of hydrogen-bond acceptors (Lipinski definition) is 18. The molecule has 2 spiro atoms. The normalized spacial score (nSPS) is 32.1. The van der Waals surface area contributed by atoms with E-state index in [1.165, 1.54) is 6.07 Å². The molecule has 0 N–H and O–H groups in total. The van der Waals surface area contributed by atoms with Crippen molar-refractivity contribution >= 4 is 54.4 Å². The van der Waals surface area contributed by atoms with Gasteiger partial charge in [0, 0.05) is 43.7 Å². The van der Waals surface area contributed by atoms with Crippen molar-refractivity contribution in [2.45, 2.75) is 120 Å². The summed E-state index contributed by atoms with van der Waals surface area (Å²) in [5, 5.41) is 0. The van der Waals surface area contributed by atoms with E-state index in [0.717, 1.165) is 74.9 Å². The van der Waals surface area contributed by atoms with Crippen molar-refractivity contribution < 1.29 is 111 Å². The van der Waals surface area contributed by atoms with E-state index in [0.29, 0.717) is 55.8 Å². The minimum Gasteiger partial charge on any atom is -0.462 e. The molecule has 2 aromatic heterocycles. The molecule has 18 nitrogen and oxygen atoms in total. The Labute approximate surface area is 450 Å². The topological polar surface area (TPSA) is 236 Å². The Morgan fingerprint density at radius 3 is 1.34 bits per heavy atom. The number of aromatic nitrogens is 2. The SMILES string of the molecule is C.C[C@H]1OC(=O)[C@@H]2C[C@@H]3CC4(CC[C@H]3[C@H](/C=C/c3ccc(OS(=O)(=O)C(F)(F)F)cn3)[C@H]12)OCCO4.Cc1ccc(/C=C/[C@H]2[C@@H]3CCC4(C[C@H]3C[C@H]3C(=O)O[C@H](C)[C@@H]23)OCCO4)nc1.O=S(=O)(OS(=O)(=O)C(F)(F)F)C(F)(F)F. The number of nitrogens with zero attached hydrogens (tertiary/aromatic N) is 2. The number of hydrogen-bond donors (Lipinski definition) is 0. The number of rotatable bonds is 8. The van der Waals surface area contributed by atoms with Gasteiger partial charge in [0.2, 0.25) is 0 Å². The monoisotopic (exact) mass is 1200 g/mol. The van der Waals surface area contributed by atoms with Crippen LogP contribution in [0.2, 0.25) is 0 Å². The molecule has 30 heteroatoms. The van der Waals surface area contributed by atoms with Gasteiger partial charge < -0.3 is 32.6 Å². The van der Waals surface area contributed by atoms with Crippen LogP contribution in [0.4, 0.5) is 39.5 Å². The van der Waals surface area contributed by atoms with E-state index in [4.69, 9.17) is 28.4 Å². The van der Waals surface area contributed by atoms with Crippen molar-refractivity contribution in [1.29, 1.82) is 0 Å². The first-order valence-electron chi connectivity index (χ1n) is 24.8. The molecule has 0 amide bonds. The summed E-state index contributed by atoms with van der Waals surface area (Å²) in [5.41, 5.74) is -15.5. The summed E-state index contributed by atoms with van der Waals surface area (Å²) in [6.07, 6.45) is 17.7. The van der Waals surface area contributed by atoms with Crippen molar-refractivity contribution in [1.82, 2.24) is 9.97 Å². The second-order valence-corrected chi connectivity index (χ2v) is 25.4. The number of ether oxygens (including phenoxy) is 6. The second-order valence-electron chi connectivity index (χ2n) is 20.6. The van der Waals surface area contributed by atoms with Crippen molar-refractivity contribution in [3.05, 3.63) is 65.8 Å². The highest BCUT2D eigenvalue weighted by molar-refractivity contribution is 8.00. The number of pyridine rings is 2. The van der Waals surface area contributed by atoms with Crippen LogP contribution in [0.3, 0.4) is 0 Å². The van der Waals surface area contributed by atoms with Gasteiger partial charge in [-0.25, -0.2) is 0 Å². The Morgan fingerprint density at radius 1 is 0.595 bits per heavy atom. The fourth-order valence-corrected chi connectivity index (χ4v) is 14.6. The largest absolute Gasteiger partial charge is 0.534 e. The number of alkyl halides is 9. The average Bonchev–Trinajstić information content (AvgIpc) is 4.28. The summed E-state index contributed by atoms with van der Waals surface area (Å²) in [6.45, 7) is 8.52. The van der Waals surface area contributed by atoms with Gasteiger partial charge in [0.05, 0.1) is 55.8 Å². The van der Waals surface area contributed by atoms with Crippen LogP contribution < -0.4 is 4.18 Å². The minimum absolute atomic E-state index is 0. The van der Waals surface area contributed by atoms with Gasteiger partial charge in [-0.05, 0) is 118 Å². The fraction of sp³-hybridized carbons (Fsp3) is 0.673. The molecular weight excluding hydrogens is 1140 g/mol. The maximum Gasteiger partial charge on any atom is 0.534 e. The molecule has 0 unspecified atom stereocenters. The quantitative estimate of drug-likeness (QED) is 0.104. The first-order chi connectivity index (χ1) is 36.2. The first-order valence-corrected chi connectivity index (χ1v) is 29.0. The lowest BCUT2D eigenvalue weighted by atomic mass is 9.56. The molecule has 4 aliphatic heterocycles. The maximum absolute atomic E-state index is 12.6. The summed E-state index contributed by atoms with van der Waals surface area (Å²) in [4.78, 5) is 33.7. The molecule has 12 atom stereocenters. The Bertz CT molecular complexity index is 2870. The van der Waals surface area contributed by atoms with Gasteiger partial charge in [-0.15, -0.1) is 3.63 Å². The Balaban J connectivity index is 0.000000184. The maximum atomic E-state index is 12.6. The van der Waals surface area contributed by atoms with Gasteiger partial charge in [0.1, 0.15) is 12.2 Å². The van der Waals surface area contributed by atoms with E-state index >= 15 is 0 Å². The molecule has 8 aliphatic rings. The summed E-state index contributed by atoms with van der Waals surface area (Å²) in [7, 11) is -19.5. The highest BCUT2D eigenvalue weighted by Gasteiger charge is 2.60. The van der Waals surface area contributed by atoms with Crippen LogP contribution in [0.1, 0.15) is 89.6 Å². The standard InChI is InChI=1S/C23H26F3NO7S.C23H29NO4.C2F6O5S2.CH4/c1-13-20-18(5-3-15-2-4-16(12-27-15)34-35(29,30)23(24,25)26)17-6-7-22(31-8-9-32-22)11-14(17)10-19(20)21(28)33-13;1-14-3-4-17(24-13-14)5-6-19-18-7-8-23(26-9-10-27-23)12-16(18)11-20-21(19)15(2)28-22(20)25;3-1(4,5)14(9,10)13-15(11,12)2(6,7)8;/h2-5,12-14,17-20H,6-11H2,1H3;3-6,13,15-16,18-21H,7-12H2,1-2H3;;1H4/b5-3+;6-5+;;/t13-,14-,17-,18+,19-,20+;15-,16-,18-,19+,20-,21+;;/m11../s1. The number of esters is 2. The van der Waals surface area contributed by atoms with Crippen LogP contribution in [0.5, 0.6) is 5.75 Å². The van der Waals surface area contributed by atoms with E-state index in [2.05, 4.69) is 45.4 Å². The molecule has 0 bridgehead atoms. The minimum atomic E-state index is -6.85. The lowest BCUT2D eigenvalue weighted by molar-refractivity contribution is -0.205. The number of carbonyl (C=O) groups excluding carboxylic acids is 2. The zero-order chi connectivity index (χ0) is 57.0. The zero-order valence-electron chi connectivity index (χ0n) is 41.7. The molecule has 442 valence electrons. The Hall–Kier alpha value is -4.46. The molecule has 0 radical (unpaired) electrons. The molecule has 79 heavy (non-hydrogen) atoms. The highest BCUT2D eigenvalue weighted by atomic mass is 32.3. The molecule has 4 saturated carbocycles. The van der Waals surface area contributed by atoms with Gasteiger partial charge >= 0.3 is 58.8 Å². The van der Waals surface area contributed by atoms with E-state index in [-0.39, 0.29) is 67.1 Å². The van der Waals surface area contributed by atoms with Crippen molar-refractivity contribution in [3.63, 3.8) is 0 Å². The third-order valence-corrected chi connectivity index (χ3v) is 19.4. The number of fused-ring (bicyclic) bond motifs is 4. The molecule has 4 saturated heterocycles. The third-order valence-electron chi connectivity index (χ3n) is 15.8. The highest BCUT2D eigenvalue weighted by Crippen LogP contribution is 2.58. The van der Waals surface area contributed by atoms with Crippen LogP contribution >= 0.6 is 0 Å². The molecule has 8 fully saturated rings. The van der Waals surface area contributed by atoms with Crippen LogP contribution in [0.15, 0.2) is 48.8 Å². The summed E-state index contributed by atoms with van der Waals surface area (Å²) in [6, 6.07) is 6.64. The molecule has 4 aliphatic carbocycles. The smallest absolute Gasteiger partial charge is 0.462 e. The van der Waals surface area contributed by atoms with Crippen molar-refractivity contribution in [2.24, 2.45) is 59.2 Å². The number of cyclic esters (lactones) is 2. The van der Waals surface area contributed by atoms with Crippen LogP contribution in [-0.4, -0.2) is 114 Å². The number of carbonyl (C=O) groups is 2. The Morgan fingerprint density at radius 2 is 0.987 bits per heavy atom. The van der Waals surface area contributed by atoms with Gasteiger partial charge in [0.15, 0.2) is 17.3 Å². The van der Waals surface area contributed by atoms with E-state index in [1.807, 2.05) is 29.7 Å². The van der Waals surface area contributed by atoms with Gasteiger partial charge in [-0.1, -0.05) is 25.6 Å². The predicted octanol–water partition coefficient (Wildman–Crippen LogP) is 8.78. The number of allylic oxidation sites excluding steroid dienone is 2. The molecule has 2 aromatic rings. The number of aryl methyl sites for hydroxylation is 1. The second kappa shape index (κ2) is 23.1. The van der Waals surface area contributed by atoms with Gasteiger partial charge in [0.25, 0.3) is 0 Å². The number of halogens is 9. The first kappa shape index (κ1) is 62.1.